The third-order valence-corrected chi connectivity index (χ3v) is 5.78. The summed E-state index contributed by atoms with van der Waals surface area (Å²) < 4.78 is 35.9. The van der Waals surface area contributed by atoms with Gasteiger partial charge in [-0.25, -0.2) is 8.42 Å². The molecular formula is C19H22N2O5S. The minimum Gasteiger partial charge on any atom is -0.497 e. The molecule has 3 rings (SSSR count). The van der Waals surface area contributed by atoms with Crippen molar-refractivity contribution in [3.8, 4) is 11.5 Å². The van der Waals surface area contributed by atoms with Crippen molar-refractivity contribution in [2.75, 3.05) is 30.1 Å². The summed E-state index contributed by atoms with van der Waals surface area (Å²) in [7, 11) is -0.295. The van der Waals surface area contributed by atoms with Crippen molar-refractivity contribution >= 4 is 27.3 Å². The van der Waals surface area contributed by atoms with Crippen LogP contribution in [0.5, 0.6) is 11.5 Å². The summed E-state index contributed by atoms with van der Waals surface area (Å²) in [6.45, 7) is 1.85. The van der Waals surface area contributed by atoms with Crippen molar-refractivity contribution < 1.29 is 22.7 Å². The first-order valence-corrected chi connectivity index (χ1v) is 10.2. The number of benzene rings is 2. The van der Waals surface area contributed by atoms with Crippen LogP contribution < -0.4 is 19.1 Å². The molecule has 2 aromatic carbocycles. The van der Waals surface area contributed by atoms with Crippen molar-refractivity contribution in [2.24, 2.45) is 0 Å². The Kier molecular flexibility index (Phi) is 5.01. The summed E-state index contributed by atoms with van der Waals surface area (Å²) in [6.07, 6.45) is 1.75. The highest BCUT2D eigenvalue weighted by molar-refractivity contribution is 7.92. The molecule has 0 radical (unpaired) electrons. The zero-order valence-electron chi connectivity index (χ0n) is 15.6. The maximum atomic E-state index is 12.7. The Bertz CT molecular complexity index is 988. The number of hydrogen-bond acceptors (Lipinski definition) is 5. The number of fused-ring (bicyclic) bond motifs is 1. The average molecular weight is 390 g/mol. The Hall–Kier alpha value is -2.74. The second-order valence-electron chi connectivity index (χ2n) is 6.48. The third-order valence-electron chi connectivity index (χ3n) is 4.51. The number of ether oxygens (including phenoxy) is 2. The number of sulfonamides is 1. The summed E-state index contributed by atoms with van der Waals surface area (Å²) >= 11 is 0. The Morgan fingerprint density at radius 1 is 1.15 bits per heavy atom. The Balaban J connectivity index is 1.89. The number of carbonyl (C=O) groups excluding carboxylic acids is 1. The molecule has 2 aromatic rings. The van der Waals surface area contributed by atoms with Gasteiger partial charge in [0, 0.05) is 17.7 Å². The fourth-order valence-electron chi connectivity index (χ4n) is 3.36. The molecule has 1 atom stereocenters. The molecule has 0 saturated carbocycles. The Labute approximate surface area is 158 Å². The standard InChI is InChI=1S/C19H22N2O5S/c1-12-9-14-10-13(5-7-17(14)21(12)27(4,23)24)19(22)20-16-11-15(25-2)6-8-18(16)26-3/h5-8,10-12H,9H2,1-4H3,(H,20,22). The number of nitrogens with zero attached hydrogens (tertiary/aromatic N) is 1. The molecule has 7 nitrogen and oxygen atoms in total. The molecule has 1 heterocycles. The van der Waals surface area contributed by atoms with Crippen LogP contribution in [-0.4, -0.2) is 40.8 Å². The quantitative estimate of drug-likeness (QED) is 0.848. The van der Waals surface area contributed by atoms with E-state index in [9.17, 15) is 13.2 Å². The predicted molar refractivity (Wildman–Crippen MR) is 104 cm³/mol. The highest BCUT2D eigenvalue weighted by Gasteiger charge is 2.32. The van der Waals surface area contributed by atoms with E-state index < -0.39 is 10.0 Å². The highest BCUT2D eigenvalue weighted by atomic mass is 32.2. The van der Waals surface area contributed by atoms with Gasteiger partial charge in [0.1, 0.15) is 11.5 Å². The van der Waals surface area contributed by atoms with E-state index in [4.69, 9.17) is 9.47 Å². The summed E-state index contributed by atoms with van der Waals surface area (Å²) in [5, 5.41) is 2.82. The molecule has 0 saturated heterocycles. The molecule has 1 unspecified atom stereocenters. The van der Waals surface area contributed by atoms with Gasteiger partial charge < -0.3 is 14.8 Å². The van der Waals surface area contributed by atoms with E-state index in [1.165, 1.54) is 17.7 Å². The second kappa shape index (κ2) is 7.11. The van der Waals surface area contributed by atoms with Gasteiger partial charge in [-0.3, -0.25) is 9.10 Å². The van der Waals surface area contributed by atoms with Crippen LogP contribution in [0, 0.1) is 0 Å². The van der Waals surface area contributed by atoms with Gasteiger partial charge in [0.15, 0.2) is 0 Å². The van der Waals surface area contributed by atoms with E-state index >= 15 is 0 Å². The largest absolute Gasteiger partial charge is 0.497 e. The van der Waals surface area contributed by atoms with Crippen LogP contribution in [0.1, 0.15) is 22.8 Å². The molecule has 1 amide bonds. The minimum atomic E-state index is -3.36. The molecule has 1 aliphatic rings. The Morgan fingerprint density at radius 3 is 2.52 bits per heavy atom. The lowest BCUT2D eigenvalue weighted by Crippen LogP contribution is -2.34. The van der Waals surface area contributed by atoms with Crippen molar-refractivity contribution in [3.05, 3.63) is 47.5 Å². The molecule has 0 aliphatic carbocycles. The van der Waals surface area contributed by atoms with Crippen molar-refractivity contribution in [1.29, 1.82) is 0 Å². The van der Waals surface area contributed by atoms with Gasteiger partial charge in [-0.05, 0) is 49.2 Å². The molecule has 144 valence electrons. The third kappa shape index (κ3) is 3.71. The van der Waals surface area contributed by atoms with Crippen LogP contribution >= 0.6 is 0 Å². The minimum absolute atomic E-state index is 0.174. The van der Waals surface area contributed by atoms with Gasteiger partial charge in [-0.1, -0.05) is 0 Å². The zero-order valence-corrected chi connectivity index (χ0v) is 16.5. The first-order valence-electron chi connectivity index (χ1n) is 8.40. The molecule has 27 heavy (non-hydrogen) atoms. The second-order valence-corrected chi connectivity index (χ2v) is 8.34. The van der Waals surface area contributed by atoms with E-state index in [2.05, 4.69) is 5.32 Å². The molecule has 8 heteroatoms. The van der Waals surface area contributed by atoms with Gasteiger partial charge in [0.05, 0.1) is 31.9 Å². The number of hydrogen-bond donors (Lipinski definition) is 1. The van der Waals surface area contributed by atoms with E-state index in [1.54, 1.807) is 43.5 Å². The van der Waals surface area contributed by atoms with E-state index in [-0.39, 0.29) is 11.9 Å². The fraction of sp³-hybridized carbons (Fsp3) is 0.316. The Morgan fingerprint density at radius 2 is 1.89 bits per heavy atom. The SMILES string of the molecule is COc1ccc(OC)c(NC(=O)c2ccc3c(c2)CC(C)N3S(C)(=O)=O)c1. The number of amides is 1. The lowest BCUT2D eigenvalue weighted by molar-refractivity contribution is 0.102. The monoisotopic (exact) mass is 390 g/mol. The fourth-order valence-corrected chi connectivity index (χ4v) is 4.62. The normalized spacial score (nSPS) is 16.0. The van der Waals surface area contributed by atoms with Crippen LogP contribution in [-0.2, 0) is 16.4 Å². The van der Waals surface area contributed by atoms with Crippen LogP contribution in [0.3, 0.4) is 0 Å². The first-order chi connectivity index (χ1) is 12.7. The highest BCUT2D eigenvalue weighted by Crippen LogP contribution is 2.35. The first kappa shape index (κ1) is 19.0. The number of anilines is 2. The van der Waals surface area contributed by atoms with Crippen molar-refractivity contribution in [2.45, 2.75) is 19.4 Å². The number of carbonyl (C=O) groups is 1. The van der Waals surface area contributed by atoms with Crippen molar-refractivity contribution in [1.82, 2.24) is 0 Å². The smallest absolute Gasteiger partial charge is 0.255 e. The van der Waals surface area contributed by atoms with E-state index in [0.717, 1.165) is 5.56 Å². The molecule has 1 aliphatic heterocycles. The number of methoxy groups -OCH3 is 2. The molecular weight excluding hydrogens is 368 g/mol. The molecule has 0 bridgehead atoms. The van der Waals surface area contributed by atoms with E-state index in [0.29, 0.717) is 34.9 Å². The number of rotatable bonds is 5. The van der Waals surface area contributed by atoms with Crippen LogP contribution in [0.2, 0.25) is 0 Å². The summed E-state index contributed by atoms with van der Waals surface area (Å²) in [5.74, 6) is 0.801. The van der Waals surface area contributed by atoms with Gasteiger partial charge in [-0.2, -0.15) is 0 Å². The van der Waals surface area contributed by atoms with Crippen LogP contribution in [0.15, 0.2) is 36.4 Å². The lowest BCUT2D eigenvalue weighted by atomic mass is 10.1. The maximum Gasteiger partial charge on any atom is 0.255 e. The number of nitrogens with one attached hydrogen (secondary N) is 1. The lowest BCUT2D eigenvalue weighted by Gasteiger charge is -2.21. The molecule has 0 fully saturated rings. The summed E-state index contributed by atoms with van der Waals surface area (Å²) in [5.41, 5.74) is 2.40. The summed E-state index contributed by atoms with van der Waals surface area (Å²) in [4.78, 5) is 12.7. The van der Waals surface area contributed by atoms with Crippen LogP contribution in [0.25, 0.3) is 0 Å². The van der Waals surface area contributed by atoms with Gasteiger partial charge in [0.2, 0.25) is 10.0 Å². The maximum absolute atomic E-state index is 12.7. The van der Waals surface area contributed by atoms with Crippen molar-refractivity contribution in [3.63, 3.8) is 0 Å². The van der Waals surface area contributed by atoms with Gasteiger partial charge in [-0.15, -0.1) is 0 Å². The molecule has 1 N–H and O–H groups in total. The van der Waals surface area contributed by atoms with Gasteiger partial charge in [0.25, 0.3) is 5.91 Å². The predicted octanol–water partition coefficient (Wildman–Crippen LogP) is 2.67. The molecule has 0 aromatic heterocycles. The van der Waals surface area contributed by atoms with Gasteiger partial charge >= 0.3 is 0 Å². The zero-order chi connectivity index (χ0) is 19.8. The summed E-state index contributed by atoms with van der Waals surface area (Å²) in [6, 6.07) is 9.99. The molecule has 0 spiro atoms. The van der Waals surface area contributed by atoms with E-state index in [1.807, 2.05) is 6.92 Å². The van der Waals surface area contributed by atoms with Crippen LogP contribution in [0.4, 0.5) is 11.4 Å². The topological polar surface area (TPSA) is 84.9 Å². The average Bonchev–Trinajstić information content (AvgIpc) is 2.96.